The van der Waals surface area contributed by atoms with Crippen molar-refractivity contribution in [3.8, 4) is 0 Å². The van der Waals surface area contributed by atoms with Crippen LogP contribution in [-0.2, 0) is 18.3 Å². The molecule has 1 aromatic heterocycles. The molecule has 1 N–H and O–H groups in total. The molecule has 2 aromatic rings. The van der Waals surface area contributed by atoms with E-state index in [1.54, 1.807) is 7.11 Å². The molecule has 86 valence electrons. The number of fused-ring (bicyclic) bond motifs is 1. The van der Waals surface area contributed by atoms with Gasteiger partial charge in [-0.3, -0.25) is 0 Å². The largest absolute Gasteiger partial charge is 0.383 e. The maximum atomic E-state index is 5.00. The summed E-state index contributed by atoms with van der Waals surface area (Å²) in [6, 6.07) is 10.7. The number of nitrogens with zero attached hydrogens (tertiary/aromatic N) is 1. The summed E-state index contributed by atoms with van der Waals surface area (Å²) in [6.07, 6.45) is 0. The van der Waals surface area contributed by atoms with Gasteiger partial charge in [-0.15, -0.1) is 0 Å². The van der Waals surface area contributed by atoms with Crippen molar-refractivity contribution in [2.45, 2.75) is 6.54 Å². The fourth-order valence-electron chi connectivity index (χ4n) is 1.91. The molecule has 3 heteroatoms. The smallest absolute Gasteiger partial charge is 0.0587 e. The zero-order valence-corrected chi connectivity index (χ0v) is 9.86. The Bertz CT molecular complexity index is 462. The molecule has 16 heavy (non-hydrogen) atoms. The van der Waals surface area contributed by atoms with E-state index in [1.807, 2.05) is 0 Å². The van der Waals surface area contributed by atoms with Gasteiger partial charge in [0, 0.05) is 38.5 Å². The molecule has 0 atom stereocenters. The van der Waals surface area contributed by atoms with Crippen molar-refractivity contribution in [2.24, 2.45) is 7.05 Å². The van der Waals surface area contributed by atoms with Gasteiger partial charge < -0.3 is 14.6 Å². The number of benzene rings is 1. The number of para-hydroxylation sites is 1. The number of methoxy groups -OCH3 is 1. The monoisotopic (exact) mass is 218 g/mol. The van der Waals surface area contributed by atoms with Crippen LogP contribution in [0.1, 0.15) is 5.69 Å². The average molecular weight is 218 g/mol. The van der Waals surface area contributed by atoms with Crippen molar-refractivity contribution in [2.75, 3.05) is 20.3 Å². The van der Waals surface area contributed by atoms with E-state index in [2.05, 4.69) is 47.3 Å². The molecule has 2 rings (SSSR count). The van der Waals surface area contributed by atoms with Crippen LogP contribution in [0.4, 0.5) is 0 Å². The molecular formula is C13H18N2O. The molecular weight excluding hydrogens is 200 g/mol. The third kappa shape index (κ3) is 2.26. The van der Waals surface area contributed by atoms with Crippen molar-refractivity contribution >= 4 is 10.9 Å². The normalized spacial score (nSPS) is 11.1. The van der Waals surface area contributed by atoms with Crippen LogP contribution in [0.2, 0.25) is 0 Å². The van der Waals surface area contributed by atoms with Gasteiger partial charge in [-0.1, -0.05) is 18.2 Å². The average Bonchev–Trinajstić information content (AvgIpc) is 2.63. The number of aryl methyl sites for hydroxylation is 1. The standard InChI is InChI=1S/C13H18N2O/c1-15-12(10-14-7-8-16-2)9-11-5-3-4-6-13(11)15/h3-6,9,14H,7-8,10H2,1-2H3. The van der Waals surface area contributed by atoms with Gasteiger partial charge in [0.15, 0.2) is 0 Å². The Labute approximate surface area is 96.0 Å². The molecule has 0 spiro atoms. The van der Waals surface area contributed by atoms with Gasteiger partial charge in [0.25, 0.3) is 0 Å². The van der Waals surface area contributed by atoms with Gasteiger partial charge in [-0.2, -0.15) is 0 Å². The topological polar surface area (TPSA) is 26.2 Å². The number of ether oxygens (including phenoxy) is 1. The molecule has 1 heterocycles. The molecule has 0 amide bonds. The molecule has 0 radical (unpaired) electrons. The summed E-state index contributed by atoms with van der Waals surface area (Å²) < 4.78 is 7.23. The molecule has 1 aromatic carbocycles. The van der Waals surface area contributed by atoms with Crippen LogP contribution in [0.25, 0.3) is 10.9 Å². The maximum absolute atomic E-state index is 5.00. The number of aromatic nitrogens is 1. The number of hydrogen-bond acceptors (Lipinski definition) is 2. The van der Waals surface area contributed by atoms with Crippen LogP contribution < -0.4 is 5.32 Å². The minimum Gasteiger partial charge on any atom is -0.383 e. The second-order valence-corrected chi connectivity index (χ2v) is 3.92. The summed E-state index contributed by atoms with van der Waals surface area (Å²) in [4.78, 5) is 0. The predicted octanol–water partition coefficient (Wildman–Crippen LogP) is 1.91. The highest BCUT2D eigenvalue weighted by Gasteiger charge is 2.03. The lowest BCUT2D eigenvalue weighted by Crippen LogP contribution is -2.19. The SMILES string of the molecule is COCCNCc1cc2ccccc2n1C. The second kappa shape index (κ2) is 5.14. The van der Waals surface area contributed by atoms with Crippen LogP contribution in [0, 0.1) is 0 Å². The van der Waals surface area contributed by atoms with Crippen LogP contribution in [-0.4, -0.2) is 24.8 Å². The first-order valence-corrected chi connectivity index (χ1v) is 5.56. The Morgan fingerprint density at radius 3 is 2.88 bits per heavy atom. The Kier molecular flexibility index (Phi) is 3.59. The summed E-state index contributed by atoms with van der Waals surface area (Å²) in [6.45, 7) is 2.52. The highest BCUT2D eigenvalue weighted by atomic mass is 16.5. The maximum Gasteiger partial charge on any atom is 0.0587 e. The van der Waals surface area contributed by atoms with Gasteiger partial charge in [-0.05, 0) is 17.5 Å². The van der Waals surface area contributed by atoms with E-state index in [0.717, 1.165) is 19.7 Å². The van der Waals surface area contributed by atoms with Crippen molar-refractivity contribution in [1.82, 2.24) is 9.88 Å². The summed E-state index contributed by atoms with van der Waals surface area (Å²) in [5.41, 5.74) is 2.59. The number of nitrogens with one attached hydrogen (secondary N) is 1. The van der Waals surface area contributed by atoms with E-state index in [-0.39, 0.29) is 0 Å². The Morgan fingerprint density at radius 2 is 2.12 bits per heavy atom. The third-order valence-electron chi connectivity index (χ3n) is 2.84. The minimum absolute atomic E-state index is 0.754. The van der Waals surface area contributed by atoms with Crippen molar-refractivity contribution < 1.29 is 4.74 Å². The first-order chi connectivity index (χ1) is 7.83. The Hall–Kier alpha value is -1.32. The minimum atomic E-state index is 0.754. The van der Waals surface area contributed by atoms with Gasteiger partial charge in [0.2, 0.25) is 0 Å². The van der Waals surface area contributed by atoms with Gasteiger partial charge >= 0.3 is 0 Å². The fourth-order valence-corrected chi connectivity index (χ4v) is 1.91. The van der Waals surface area contributed by atoms with Crippen molar-refractivity contribution in [1.29, 1.82) is 0 Å². The Balaban J connectivity index is 2.09. The van der Waals surface area contributed by atoms with Crippen molar-refractivity contribution in [3.05, 3.63) is 36.0 Å². The summed E-state index contributed by atoms with van der Waals surface area (Å²) >= 11 is 0. The lowest BCUT2D eigenvalue weighted by Gasteiger charge is -2.05. The predicted molar refractivity (Wildman–Crippen MR) is 66.5 cm³/mol. The number of hydrogen-bond donors (Lipinski definition) is 1. The van der Waals surface area contributed by atoms with Crippen LogP contribution >= 0.6 is 0 Å². The van der Waals surface area contributed by atoms with Gasteiger partial charge in [-0.25, -0.2) is 0 Å². The molecule has 0 bridgehead atoms. The zero-order valence-electron chi connectivity index (χ0n) is 9.86. The van der Waals surface area contributed by atoms with Crippen molar-refractivity contribution in [3.63, 3.8) is 0 Å². The lowest BCUT2D eigenvalue weighted by molar-refractivity contribution is 0.199. The second-order valence-electron chi connectivity index (χ2n) is 3.92. The number of rotatable bonds is 5. The Morgan fingerprint density at radius 1 is 1.31 bits per heavy atom. The first kappa shape index (κ1) is 11.2. The molecule has 0 unspecified atom stereocenters. The molecule has 3 nitrogen and oxygen atoms in total. The highest BCUT2D eigenvalue weighted by molar-refractivity contribution is 5.81. The van der Waals surface area contributed by atoms with E-state index < -0.39 is 0 Å². The summed E-state index contributed by atoms with van der Waals surface area (Å²) in [5, 5.41) is 4.66. The molecule has 0 saturated heterocycles. The fraction of sp³-hybridized carbons (Fsp3) is 0.385. The third-order valence-corrected chi connectivity index (χ3v) is 2.84. The van der Waals surface area contributed by atoms with E-state index in [1.165, 1.54) is 16.6 Å². The van der Waals surface area contributed by atoms with E-state index in [4.69, 9.17) is 4.74 Å². The summed E-state index contributed by atoms with van der Waals surface area (Å²) in [5.74, 6) is 0. The van der Waals surface area contributed by atoms with E-state index >= 15 is 0 Å². The van der Waals surface area contributed by atoms with Gasteiger partial charge in [0.05, 0.1) is 6.61 Å². The molecule has 0 aliphatic carbocycles. The molecule has 0 aliphatic heterocycles. The van der Waals surface area contributed by atoms with Crippen LogP contribution in [0.15, 0.2) is 30.3 Å². The van der Waals surface area contributed by atoms with E-state index in [0.29, 0.717) is 0 Å². The zero-order chi connectivity index (χ0) is 11.4. The van der Waals surface area contributed by atoms with Gasteiger partial charge in [0.1, 0.15) is 0 Å². The quantitative estimate of drug-likeness (QED) is 0.776. The summed E-state index contributed by atoms with van der Waals surface area (Å²) in [7, 11) is 3.83. The van der Waals surface area contributed by atoms with E-state index in [9.17, 15) is 0 Å². The molecule has 0 saturated carbocycles. The molecule has 0 aliphatic rings. The molecule has 0 fully saturated rings. The highest BCUT2D eigenvalue weighted by Crippen LogP contribution is 2.17. The van der Waals surface area contributed by atoms with Crippen LogP contribution in [0.5, 0.6) is 0 Å². The first-order valence-electron chi connectivity index (χ1n) is 5.56. The lowest BCUT2D eigenvalue weighted by atomic mass is 10.2. The van der Waals surface area contributed by atoms with Crippen LogP contribution in [0.3, 0.4) is 0 Å².